The van der Waals surface area contributed by atoms with Crippen LogP contribution >= 0.6 is 27.5 Å². The highest BCUT2D eigenvalue weighted by Gasteiger charge is 2.09. The van der Waals surface area contributed by atoms with Gasteiger partial charge in [0.2, 0.25) is 0 Å². The van der Waals surface area contributed by atoms with Crippen molar-refractivity contribution in [1.29, 1.82) is 0 Å². The quantitative estimate of drug-likeness (QED) is 0.595. The van der Waals surface area contributed by atoms with Crippen molar-refractivity contribution in [3.8, 4) is 0 Å². The number of anilines is 3. The molecular weight excluding hydrogens is 324 g/mol. The molecule has 1 aromatic heterocycles. The number of nitrogens with one attached hydrogen (secondary N) is 2. The Morgan fingerprint density at radius 2 is 1.94 bits per heavy atom. The maximum atomic E-state index is 13.1. The normalized spacial score (nSPS) is 10.2. The third-order valence-electron chi connectivity index (χ3n) is 2.07. The van der Waals surface area contributed by atoms with Crippen molar-refractivity contribution in [2.75, 3.05) is 10.7 Å². The van der Waals surface area contributed by atoms with Gasteiger partial charge >= 0.3 is 0 Å². The fraction of sp³-hybridized carbons (Fsp3) is 0. The first kappa shape index (κ1) is 13.0. The summed E-state index contributed by atoms with van der Waals surface area (Å²) in [6, 6.07) is 4.10. The summed E-state index contributed by atoms with van der Waals surface area (Å²) in [6.45, 7) is 0. The Hall–Kier alpha value is -1.44. The van der Waals surface area contributed by atoms with Gasteiger partial charge in [0.1, 0.15) is 23.8 Å². The second-order valence-corrected chi connectivity index (χ2v) is 4.56. The summed E-state index contributed by atoms with van der Waals surface area (Å²) in [5.74, 6) is 5.74. The van der Waals surface area contributed by atoms with Crippen molar-refractivity contribution in [3.63, 3.8) is 0 Å². The Bertz CT molecular complexity index is 557. The van der Waals surface area contributed by atoms with E-state index in [2.05, 4.69) is 36.6 Å². The lowest BCUT2D eigenvalue weighted by molar-refractivity contribution is 0.627. The summed E-state index contributed by atoms with van der Waals surface area (Å²) in [5, 5.41) is 3.19. The van der Waals surface area contributed by atoms with Crippen LogP contribution in [0, 0.1) is 5.82 Å². The molecule has 0 bridgehead atoms. The van der Waals surface area contributed by atoms with Crippen molar-refractivity contribution < 1.29 is 4.39 Å². The number of nitrogens with two attached hydrogens (primary N) is 1. The summed E-state index contributed by atoms with van der Waals surface area (Å²) in [7, 11) is 0. The fourth-order valence-corrected chi connectivity index (χ4v) is 2.19. The standard InChI is InChI=1S/C10H8BrClFN5/c11-6-1-5(13)2-7(12)10(6)17-8-3-9(18-14)16-4-15-8/h1-4H,14H2,(H2,15,16,17,18). The fourth-order valence-electron chi connectivity index (χ4n) is 1.29. The van der Waals surface area contributed by atoms with Gasteiger partial charge < -0.3 is 10.7 Å². The lowest BCUT2D eigenvalue weighted by Crippen LogP contribution is -2.09. The third-order valence-corrected chi connectivity index (χ3v) is 3.00. The number of benzene rings is 1. The van der Waals surface area contributed by atoms with E-state index >= 15 is 0 Å². The molecule has 0 saturated heterocycles. The molecule has 0 radical (unpaired) electrons. The van der Waals surface area contributed by atoms with E-state index in [0.717, 1.165) is 0 Å². The van der Waals surface area contributed by atoms with Crippen molar-refractivity contribution >= 4 is 44.9 Å². The first-order valence-electron chi connectivity index (χ1n) is 4.80. The summed E-state index contributed by atoms with van der Waals surface area (Å²) in [5.41, 5.74) is 2.91. The number of aromatic nitrogens is 2. The number of nitrogens with zero attached hydrogens (tertiary/aromatic N) is 2. The van der Waals surface area contributed by atoms with E-state index in [1.807, 2.05) is 0 Å². The monoisotopic (exact) mass is 331 g/mol. The highest BCUT2D eigenvalue weighted by Crippen LogP contribution is 2.33. The van der Waals surface area contributed by atoms with E-state index in [0.29, 0.717) is 21.8 Å². The molecule has 0 spiro atoms. The van der Waals surface area contributed by atoms with Gasteiger partial charge in [-0.05, 0) is 28.1 Å². The molecule has 8 heteroatoms. The average Bonchev–Trinajstić information content (AvgIpc) is 2.34. The van der Waals surface area contributed by atoms with Crippen LogP contribution in [0.25, 0.3) is 0 Å². The molecule has 0 saturated carbocycles. The maximum absolute atomic E-state index is 13.1. The molecule has 4 N–H and O–H groups in total. The topological polar surface area (TPSA) is 75.9 Å². The van der Waals surface area contributed by atoms with Crippen LogP contribution in [-0.2, 0) is 0 Å². The molecule has 0 fully saturated rings. The van der Waals surface area contributed by atoms with Gasteiger partial charge in [-0.2, -0.15) is 0 Å². The minimum absolute atomic E-state index is 0.239. The van der Waals surface area contributed by atoms with Crippen molar-refractivity contribution in [2.24, 2.45) is 5.84 Å². The van der Waals surface area contributed by atoms with Crippen LogP contribution in [0.2, 0.25) is 5.02 Å². The summed E-state index contributed by atoms with van der Waals surface area (Å²) >= 11 is 9.16. The van der Waals surface area contributed by atoms with Gasteiger partial charge in [-0.15, -0.1) is 0 Å². The van der Waals surface area contributed by atoms with Crippen LogP contribution in [0.15, 0.2) is 29.0 Å². The van der Waals surface area contributed by atoms with Gasteiger partial charge in [-0.1, -0.05) is 11.6 Å². The number of rotatable bonds is 3. The molecule has 0 amide bonds. The van der Waals surface area contributed by atoms with Crippen LogP contribution in [0.5, 0.6) is 0 Å². The first-order chi connectivity index (χ1) is 8.60. The van der Waals surface area contributed by atoms with E-state index in [1.54, 1.807) is 6.07 Å². The lowest BCUT2D eigenvalue weighted by atomic mass is 10.3. The van der Waals surface area contributed by atoms with Gasteiger partial charge in [0, 0.05) is 10.5 Å². The largest absolute Gasteiger partial charge is 0.338 e. The zero-order chi connectivity index (χ0) is 13.1. The molecular formula is C10H8BrClFN5. The van der Waals surface area contributed by atoms with E-state index in [1.165, 1.54) is 18.5 Å². The predicted octanol–water partition coefficient (Wildman–Crippen LogP) is 3.06. The number of hydrogen-bond donors (Lipinski definition) is 3. The number of hydrogen-bond acceptors (Lipinski definition) is 5. The number of nitrogen functional groups attached to an aromatic ring is 1. The second-order valence-electron chi connectivity index (χ2n) is 3.30. The molecule has 0 aliphatic heterocycles. The first-order valence-corrected chi connectivity index (χ1v) is 5.97. The molecule has 1 heterocycles. The van der Waals surface area contributed by atoms with Crippen LogP contribution in [0.4, 0.5) is 21.7 Å². The van der Waals surface area contributed by atoms with Gasteiger partial charge in [0.05, 0.1) is 10.7 Å². The highest BCUT2D eigenvalue weighted by atomic mass is 79.9. The van der Waals surface area contributed by atoms with Crippen molar-refractivity contribution in [2.45, 2.75) is 0 Å². The van der Waals surface area contributed by atoms with Crippen molar-refractivity contribution in [1.82, 2.24) is 9.97 Å². The van der Waals surface area contributed by atoms with Crippen LogP contribution < -0.4 is 16.6 Å². The molecule has 2 aromatic rings. The molecule has 2 rings (SSSR count). The zero-order valence-electron chi connectivity index (χ0n) is 8.92. The molecule has 0 unspecified atom stereocenters. The number of halogens is 3. The Kier molecular flexibility index (Phi) is 3.95. The highest BCUT2D eigenvalue weighted by molar-refractivity contribution is 9.10. The van der Waals surface area contributed by atoms with E-state index in [4.69, 9.17) is 17.4 Å². The van der Waals surface area contributed by atoms with E-state index in [9.17, 15) is 4.39 Å². The third kappa shape index (κ3) is 2.87. The summed E-state index contributed by atoms with van der Waals surface area (Å²) < 4.78 is 13.6. The molecule has 18 heavy (non-hydrogen) atoms. The van der Waals surface area contributed by atoms with Crippen LogP contribution in [-0.4, -0.2) is 9.97 Å². The molecule has 1 aromatic carbocycles. The molecule has 94 valence electrons. The lowest BCUT2D eigenvalue weighted by Gasteiger charge is -2.10. The Morgan fingerprint density at radius 3 is 2.61 bits per heavy atom. The molecule has 5 nitrogen and oxygen atoms in total. The molecule has 0 aliphatic rings. The van der Waals surface area contributed by atoms with Crippen LogP contribution in [0.3, 0.4) is 0 Å². The van der Waals surface area contributed by atoms with Gasteiger partial charge in [0.25, 0.3) is 0 Å². The Morgan fingerprint density at radius 1 is 1.22 bits per heavy atom. The van der Waals surface area contributed by atoms with Crippen molar-refractivity contribution in [3.05, 3.63) is 39.8 Å². The average molecular weight is 333 g/mol. The molecule has 0 aliphatic carbocycles. The van der Waals surface area contributed by atoms with Crippen LogP contribution in [0.1, 0.15) is 0 Å². The summed E-state index contributed by atoms with van der Waals surface area (Å²) in [6.07, 6.45) is 1.34. The molecule has 0 atom stereocenters. The maximum Gasteiger partial charge on any atom is 0.145 e. The smallest absolute Gasteiger partial charge is 0.145 e. The Labute approximate surface area is 116 Å². The number of hydrazine groups is 1. The van der Waals surface area contributed by atoms with Gasteiger partial charge in [-0.25, -0.2) is 20.2 Å². The van der Waals surface area contributed by atoms with Gasteiger partial charge in [0.15, 0.2) is 0 Å². The SMILES string of the molecule is NNc1cc(Nc2c(Cl)cc(F)cc2Br)ncn1. The van der Waals surface area contributed by atoms with Gasteiger partial charge in [-0.3, -0.25) is 0 Å². The Balaban J connectivity index is 2.33. The van der Waals surface area contributed by atoms with E-state index < -0.39 is 5.82 Å². The predicted molar refractivity (Wildman–Crippen MR) is 72.2 cm³/mol. The minimum Gasteiger partial charge on any atom is -0.338 e. The van der Waals surface area contributed by atoms with E-state index in [-0.39, 0.29) is 5.02 Å². The summed E-state index contributed by atoms with van der Waals surface area (Å²) in [4.78, 5) is 7.86. The second kappa shape index (κ2) is 5.47. The minimum atomic E-state index is -0.426. The zero-order valence-corrected chi connectivity index (χ0v) is 11.3.